The van der Waals surface area contributed by atoms with E-state index in [9.17, 15) is 4.79 Å². The molecule has 4 heteroatoms. The fraction of sp³-hybridized carbons (Fsp3) is 0.889. The Morgan fingerprint density at radius 1 is 1.54 bits per heavy atom. The Hall–Kier alpha value is -0.770. The van der Waals surface area contributed by atoms with Crippen molar-refractivity contribution in [1.29, 1.82) is 0 Å². The molecule has 4 nitrogen and oxygen atoms in total. The van der Waals surface area contributed by atoms with Crippen LogP contribution in [-0.2, 0) is 4.74 Å². The van der Waals surface area contributed by atoms with Crippen molar-refractivity contribution < 1.29 is 14.6 Å². The lowest BCUT2D eigenvalue weighted by atomic mass is 9.97. The Kier molecular flexibility index (Phi) is 6.32. The second-order valence-corrected chi connectivity index (χ2v) is 3.29. The van der Waals surface area contributed by atoms with E-state index >= 15 is 0 Å². The monoisotopic (exact) mass is 189 g/mol. The first-order valence-corrected chi connectivity index (χ1v) is 4.63. The molecule has 2 N–H and O–H groups in total. The number of alkyl carbamates (subject to hydrolysis) is 1. The van der Waals surface area contributed by atoms with E-state index in [1.54, 1.807) is 6.92 Å². The number of carbonyl (C=O) groups excluding carboxylic acids is 1. The van der Waals surface area contributed by atoms with Crippen LogP contribution in [0.5, 0.6) is 0 Å². The molecule has 1 amide bonds. The van der Waals surface area contributed by atoms with Crippen molar-refractivity contribution >= 4 is 6.09 Å². The van der Waals surface area contributed by atoms with Gasteiger partial charge in [-0.05, 0) is 12.8 Å². The van der Waals surface area contributed by atoms with E-state index in [4.69, 9.17) is 5.11 Å². The lowest BCUT2D eigenvalue weighted by molar-refractivity contribution is 0.141. The summed E-state index contributed by atoms with van der Waals surface area (Å²) in [6.45, 7) is 6.70. The maximum absolute atomic E-state index is 10.9. The van der Waals surface area contributed by atoms with Crippen LogP contribution in [0, 0.1) is 11.8 Å². The van der Waals surface area contributed by atoms with E-state index in [1.165, 1.54) is 0 Å². The van der Waals surface area contributed by atoms with Crippen LogP contribution in [0.4, 0.5) is 4.79 Å². The minimum atomic E-state index is -0.415. The van der Waals surface area contributed by atoms with Crippen LogP contribution >= 0.6 is 0 Å². The van der Waals surface area contributed by atoms with Gasteiger partial charge in [0.15, 0.2) is 0 Å². The van der Waals surface area contributed by atoms with Crippen molar-refractivity contribution in [2.24, 2.45) is 11.8 Å². The van der Waals surface area contributed by atoms with Gasteiger partial charge in [-0.1, -0.05) is 13.8 Å². The minimum Gasteiger partial charge on any atom is -0.450 e. The molecule has 0 bridgehead atoms. The van der Waals surface area contributed by atoms with Crippen molar-refractivity contribution in [1.82, 2.24) is 5.32 Å². The van der Waals surface area contributed by atoms with Gasteiger partial charge < -0.3 is 15.2 Å². The molecule has 0 rings (SSSR count). The van der Waals surface area contributed by atoms with Gasteiger partial charge in [0.05, 0.1) is 6.61 Å². The molecule has 0 saturated carbocycles. The topological polar surface area (TPSA) is 58.6 Å². The number of aliphatic hydroxyl groups is 1. The summed E-state index contributed by atoms with van der Waals surface area (Å²) >= 11 is 0. The van der Waals surface area contributed by atoms with Crippen LogP contribution in [0.25, 0.3) is 0 Å². The van der Waals surface area contributed by atoms with Crippen LogP contribution in [0.2, 0.25) is 0 Å². The van der Waals surface area contributed by atoms with E-state index in [0.29, 0.717) is 19.1 Å². The highest BCUT2D eigenvalue weighted by Gasteiger charge is 2.13. The SMILES string of the molecule is CCOC(=O)NCC(CO)C(C)C. The van der Waals surface area contributed by atoms with Crippen molar-refractivity contribution in [3.05, 3.63) is 0 Å². The van der Waals surface area contributed by atoms with Crippen molar-refractivity contribution in [2.75, 3.05) is 19.8 Å². The van der Waals surface area contributed by atoms with E-state index in [2.05, 4.69) is 10.1 Å². The first-order valence-electron chi connectivity index (χ1n) is 4.63. The molecule has 1 atom stereocenters. The highest BCUT2D eigenvalue weighted by molar-refractivity contribution is 5.66. The fourth-order valence-electron chi connectivity index (χ4n) is 0.908. The quantitative estimate of drug-likeness (QED) is 0.678. The first kappa shape index (κ1) is 12.2. The fourth-order valence-corrected chi connectivity index (χ4v) is 0.908. The number of nitrogens with one attached hydrogen (secondary N) is 1. The zero-order valence-corrected chi connectivity index (χ0v) is 8.54. The lowest BCUT2D eigenvalue weighted by Gasteiger charge is -2.18. The Balaban J connectivity index is 3.65. The molecule has 0 aromatic heterocycles. The molecule has 0 aliphatic carbocycles. The Labute approximate surface area is 79.3 Å². The number of hydrogen-bond donors (Lipinski definition) is 2. The van der Waals surface area contributed by atoms with Crippen LogP contribution in [0.3, 0.4) is 0 Å². The number of carbonyl (C=O) groups is 1. The molecule has 0 radical (unpaired) electrons. The third-order valence-electron chi connectivity index (χ3n) is 1.96. The largest absolute Gasteiger partial charge is 0.450 e. The summed E-state index contributed by atoms with van der Waals surface area (Å²) in [5.74, 6) is 0.455. The molecule has 78 valence electrons. The van der Waals surface area contributed by atoms with Crippen molar-refractivity contribution in [3.63, 3.8) is 0 Å². The molecular weight excluding hydrogens is 170 g/mol. The van der Waals surface area contributed by atoms with Crippen molar-refractivity contribution in [2.45, 2.75) is 20.8 Å². The number of rotatable bonds is 5. The minimum absolute atomic E-state index is 0.0874. The third-order valence-corrected chi connectivity index (χ3v) is 1.96. The normalized spacial score (nSPS) is 12.7. The Bertz CT molecular complexity index is 148. The van der Waals surface area contributed by atoms with E-state index < -0.39 is 6.09 Å². The third kappa shape index (κ3) is 5.47. The molecule has 13 heavy (non-hydrogen) atoms. The van der Waals surface area contributed by atoms with Gasteiger partial charge in [0, 0.05) is 19.1 Å². The van der Waals surface area contributed by atoms with Crippen molar-refractivity contribution in [3.8, 4) is 0 Å². The van der Waals surface area contributed by atoms with Gasteiger partial charge in [-0.15, -0.1) is 0 Å². The van der Waals surface area contributed by atoms with Gasteiger partial charge in [0.25, 0.3) is 0 Å². The predicted octanol–water partition coefficient (Wildman–Crippen LogP) is 0.997. The van der Waals surface area contributed by atoms with Gasteiger partial charge in [-0.2, -0.15) is 0 Å². The first-order chi connectivity index (χ1) is 6.11. The zero-order valence-electron chi connectivity index (χ0n) is 8.54. The molecule has 1 unspecified atom stereocenters. The maximum Gasteiger partial charge on any atom is 0.407 e. The summed E-state index contributed by atoms with van der Waals surface area (Å²) in [6.07, 6.45) is -0.415. The summed E-state index contributed by atoms with van der Waals surface area (Å²) < 4.78 is 4.68. The average molecular weight is 189 g/mol. The number of aliphatic hydroxyl groups excluding tert-OH is 1. The zero-order chi connectivity index (χ0) is 10.3. The maximum atomic E-state index is 10.9. The van der Waals surface area contributed by atoms with Crippen LogP contribution in [0.15, 0.2) is 0 Å². The number of amides is 1. The molecule has 0 saturated heterocycles. The molecule has 0 aliphatic heterocycles. The van der Waals surface area contributed by atoms with E-state index in [-0.39, 0.29) is 12.5 Å². The molecule has 0 heterocycles. The summed E-state index contributed by atoms with van der Waals surface area (Å²) in [4.78, 5) is 10.9. The van der Waals surface area contributed by atoms with Crippen LogP contribution in [-0.4, -0.2) is 31.0 Å². The second-order valence-electron chi connectivity index (χ2n) is 3.29. The molecule has 0 fully saturated rings. The summed E-state index contributed by atoms with van der Waals surface area (Å²) in [5.41, 5.74) is 0. The van der Waals surface area contributed by atoms with Gasteiger partial charge in [0.1, 0.15) is 0 Å². The summed E-state index contributed by atoms with van der Waals surface area (Å²) in [7, 11) is 0. The molecular formula is C9H19NO3. The number of ether oxygens (including phenoxy) is 1. The second kappa shape index (κ2) is 6.71. The Morgan fingerprint density at radius 3 is 2.54 bits per heavy atom. The Morgan fingerprint density at radius 2 is 2.15 bits per heavy atom. The van der Waals surface area contributed by atoms with Gasteiger partial charge in [-0.25, -0.2) is 4.79 Å². The van der Waals surface area contributed by atoms with Gasteiger partial charge >= 0.3 is 6.09 Å². The van der Waals surface area contributed by atoms with Gasteiger partial charge in [0.2, 0.25) is 0 Å². The molecule has 0 spiro atoms. The molecule has 0 aromatic carbocycles. The number of hydrogen-bond acceptors (Lipinski definition) is 3. The highest BCUT2D eigenvalue weighted by atomic mass is 16.5. The summed E-state index contributed by atoms with van der Waals surface area (Å²) in [5, 5.41) is 11.5. The predicted molar refractivity (Wildman–Crippen MR) is 50.4 cm³/mol. The highest BCUT2D eigenvalue weighted by Crippen LogP contribution is 2.07. The smallest absolute Gasteiger partial charge is 0.407 e. The average Bonchev–Trinajstić information content (AvgIpc) is 2.05. The van der Waals surface area contributed by atoms with E-state index in [1.807, 2.05) is 13.8 Å². The molecule has 0 aliphatic rings. The molecule has 0 aromatic rings. The van der Waals surface area contributed by atoms with E-state index in [0.717, 1.165) is 0 Å². The summed E-state index contributed by atoms with van der Waals surface area (Å²) in [6, 6.07) is 0. The lowest BCUT2D eigenvalue weighted by Crippen LogP contribution is -2.33. The van der Waals surface area contributed by atoms with Gasteiger partial charge in [-0.3, -0.25) is 0 Å². The standard InChI is InChI=1S/C9H19NO3/c1-4-13-9(12)10-5-8(6-11)7(2)3/h7-8,11H,4-6H2,1-3H3,(H,10,12). The van der Waals surface area contributed by atoms with Crippen LogP contribution in [0.1, 0.15) is 20.8 Å². The van der Waals surface area contributed by atoms with Crippen LogP contribution < -0.4 is 5.32 Å².